The number of benzene rings is 1. The van der Waals surface area contributed by atoms with Gasteiger partial charge in [0.15, 0.2) is 5.69 Å². The highest BCUT2D eigenvalue weighted by atomic mass is 19.1. The summed E-state index contributed by atoms with van der Waals surface area (Å²) in [6.45, 7) is 6.14. The van der Waals surface area contributed by atoms with Crippen LogP contribution in [0.3, 0.4) is 0 Å². The summed E-state index contributed by atoms with van der Waals surface area (Å²) in [5, 5.41) is 10.4. The lowest BCUT2D eigenvalue weighted by atomic mass is 10.0. The topological polar surface area (TPSA) is 73.9 Å². The third-order valence-corrected chi connectivity index (χ3v) is 5.38. The molecule has 3 heterocycles. The molecule has 2 N–H and O–H groups in total. The standard InChI is InChI=1S/C22H25F2N5O/c1-13(2)11-29-6-5-20(18(24)12-29)26-22(30)21-17-8-14(3-4-19(17)27-28-21)15-7-16(23)10-25-9-15/h3-4,7-10,13,18,20H,5-6,11-12H2,1-2H3,(H,26,30)(H,27,28)/t18-,20+/m1/s1. The Balaban J connectivity index is 1.52. The van der Waals surface area contributed by atoms with E-state index < -0.39 is 23.9 Å². The number of aromatic nitrogens is 3. The van der Waals surface area contributed by atoms with Crippen molar-refractivity contribution in [2.75, 3.05) is 19.6 Å². The Kier molecular flexibility index (Phi) is 5.76. The number of halogens is 2. The number of hydrogen-bond donors (Lipinski definition) is 2. The van der Waals surface area contributed by atoms with Crippen molar-refractivity contribution in [3.05, 3.63) is 48.2 Å². The van der Waals surface area contributed by atoms with E-state index >= 15 is 0 Å². The smallest absolute Gasteiger partial charge is 0.272 e. The second-order valence-electron chi connectivity index (χ2n) is 8.26. The first-order valence-corrected chi connectivity index (χ1v) is 10.2. The second-order valence-corrected chi connectivity index (χ2v) is 8.26. The van der Waals surface area contributed by atoms with Gasteiger partial charge in [-0.2, -0.15) is 5.10 Å². The minimum atomic E-state index is -1.12. The lowest BCUT2D eigenvalue weighted by Crippen LogP contribution is -2.53. The molecule has 1 amide bonds. The number of piperidine rings is 1. The average molecular weight is 413 g/mol. The third-order valence-electron chi connectivity index (χ3n) is 5.38. The van der Waals surface area contributed by atoms with Gasteiger partial charge >= 0.3 is 0 Å². The Morgan fingerprint density at radius 3 is 2.87 bits per heavy atom. The lowest BCUT2D eigenvalue weighted by molar-refractivity contribution is 0.0748. The van der Waals surface area contributed by atoms with E-state index in [9.17, 15) is 13.6 Å². The molecule has 1 aliphatic rings. The van der Waals surface area contributed by atoms with Crippen molar-refractivity contribution in [1.29, 1.82) is 0 Å². The Bertz CT molecular complexity index is 1050. The van der Waals surface area contributed by atoms with Crippen molar-refractivity contribution >= 4 is 16.8 Å². The monoisotopic (exact) mass is 413 g/mol. The normalized spacial score (nSPS) is 20.0. The van der Waals surface area contributed by atoms with Crippen molar-refractivity contribution < 1.29 is 13.6 Å². The zero-order chi connectivity index (χ0) is 21.3. The Morgan fingerprint density at radius 1 is 1.30 bits per heavy atom. The number of nitrogens with one attached hydrogen (secondary N) is 2. The van der Waals surface area contributed by atoms with Gasteiger partial charge < -0.3 is 10.2 Å². The lowest BCUT2D eigenvalue weighted by Gasteiger charge is -2.35. The maximum atomic E-state index is 14.7. The van der Waals surface area contributed by atoms with Crippen LogP contribution < -0.4 is 5.32 Å². The van der Waals surface area contributed by atoms with Crippen molar-refractivity contribution in [1.82, 2.24) is 25.4 Å². The molecule has 3 aromatic rings. The second kappa shape index (κ2) is 8.47. The van der Waals surface area contributed by atoms with Crippen molar-refractivity contribution in [3.63, 3.8) is 0 Å². The maximum Gasteiger partial charge on any atom is 0.272 e. The summed E-state index contributed by atoms with van der Waals surface area (Å²) in [7, 11) is 0. The minimum absolute atomic E-state index is 0.202. The van der Waals surface area contributed by atoms with Gasteiger partial charge in [-0.3, -0.25) is 14.9 Å². The van der Waals surface area contributed by atoms with Gasteiger partial charge in [0.1, 0.15) is 12.0 Å². The number of fused-ring (bicyclic) bond motifs is 1. The highest BCUT2D eigenvalue weighted by molar-refractivity contribution is 6.05. The van der Waals surface area contributed by atoms with E-state index in [0.717, 1.165) is 24.8 Å². The summed E-state index contributed by atoms with van der Waals surface area (Å²) in [5.41, 5.74) is 2.20. The number of likely N-dealkylation sites (tertiary alicyclic amines) is 1. The molecule has 0 spiro atoms. The molecule has 2 atom stereocenters. The van der Waals surface area contributed by atoms with Gasteiger partial charge in [0.25, 0.3) is 5.91 Å². The van der Waals surface area contributed by atoms with E-state index in [1.165, 1.54) is 6.07 Å². The highest BCUT2D eigenvalue weighted by Crippen LogP contribution is 2.26. The van der Waals surface area contributed by atoms with Crippen LogP contribution in [0.1, 0.15) is 30.8 Å². The molecule has 1 fully saturated rings. The third kappa shape index (κ3) is 4.33. The SMILES string of the molecule is CC(C)CN1CC[C@H](NC(=O)c2n[nH]c3ccc(-c4cncc(F)c4)cc23)[C@H](F)C1. The summed E-state index contributed by atoms with van der Waals surface area (Å²) in [6, 6.07) is 6.19. The molecule has 0 unspecified atom stereocenters. The van der Waals surface area contributed by atoms with Gasteiger partial charge in [0.05, 0.1) is 17.8 Å². The number of rotatable bonds is 5. The molecule has 2 aromatic heterocycles. The average Bonchev–Trinajstić information content (AvgIpc) is 3.13. The molecule has 1 saturated heterocycles. The zero-order valence-electron chi connectivity index (χ0n) is 17.0. The van der Waals surface area contributed by atoms with Gasteiger partial charge in [0.2, 0.25) is 0 Å². The Labute approximate surface area is 173 Å². The first-order valence-electron chi connectivity index (χ1n) is 10.2. The first-order chi connectivity index (χ1) is 14.4. The van der Waals surface area contributed by atoms with Gasteiger partial charge in [-0.15, -0.1) is 0 Å². The summed E-state index contributed by atoms with van der Waals surface area (Å²) >= 11 is 0. The van der Waals surface area contributed by atoms with E-state index in [2.05, 4.69) is 39.2 Å². The molecule has 0 bridgehead atoms. The van der Waals surface area contributed by atoms with E-state index in [1.807, 2.05) is 0 Å². The van der Waals surface area contributed by atoms with Crippen LogP contribution in [-0.4, -0.2) is 57.8 Å². The molecular weight excluding hydrogens is 388 g/mol. The first kappa shape index (κ1) is 20.4. The van der Waals surface area contributed by atoms with Gasteiger partial charge in [0, 0.05) is 36.8 Å². The Morgan fingerprint density at radius 2 is 2.13 bits per heavy atom. The number of carbonyl (C=O) groups is 1. The Hall–Kier alpha value is -2.87. The molecule has 30 heavy (non-hydrogen) atoms. The van der Waals surface area contributed by atoms with E-state index in [0.29, 0.717) is 35.3 Å². The molecule has 6 nitrogen and oxygen atoms in total. The highest BCUT2D eigenvalue weighted by Gasteiger charge is 2.31. The van der Waals surface area contributed by atoms with Crippen LogP contribution >= 0.6 is 0 Å². The van der Waals surface area contributed by atoms with Crippen LogP contribution in [-0.2, 0) is 0 Å². The fourth-order valence-electron chi connectivity index (χ4n) is 3.99. The van der Waals surface area contributed by atoms with Crippen molar-refractivity contribution in [2.24, 2.45) is 5.92 Å². The predicted molar refractivity (Wildman–Crippen MR) is 111 cm³/mol. The molecular formula is C22H25F2N5O. The molecule has 1 aromatic carbocycles. The largest absolute Gasteiger partial charge is 0.345 e. The number of alkyl halides is 1. The summed E-state index contributed by atoms with van der Waals surface area (Å²) in [6.07, 6.45) is 2.13. The quantitative estimate of drug-likeness (QED) is 0.671. The number of amides is 1. The molecule has 0 saturated carbocycles. The predicted octanol–water partition coefficient (Wildman–Crippen LogP) is 3.56. The van der Waals surface area contributed by atoms with Gasteiger partial charge in [-0.05, 0) is 36.1 Å². The van der Waals surface area contributed by atoms with Crippen LogP contribution in [0.15, 0.2) is 36.7 Å². The van der Waals surface area contributed by atoms with Gasteiger partial charge in [-0.25, -0.2) is 8.78 Å². The fraction of sp³-hybridized carbons (Fsp3) is 0.409. The number of carbonyl (C=O) groups excluding carboxylic acids is 1. The number of H-pyrrole nitrogens is 1. The van der Waals surface area contributed by atoms with E-state index in [1.54, 1.807) is 24.4 Å². The van der Waals surface area contributed by atoms with E-state index in [4.69, 9.17) is 0 Å². The molecule has 0 radical (unpaired) electrons. The molecule has 158 valence electrons. The molecule has 0 aliphatic carbocycles. The number of hydrogen-bond acceptors (Lipinski definition) is 4. The van der Waals surface area contributed by atoms with Crippen LogP contribution in [0.4, 0.5) is 8.78 Å². The molecule has 1 aliphatic heterocycles. The maximum absolute atomic E-state index is 14.7. The summed E-state index contributed by atoms with van der Waals surface area (Å²) in [4.78, 5) is 18.8. The fourth-order valence-corrected chi connectivity index (χ4v) is 3.99. The van der Waals surface area contributed by atoms with Crippen molar-refractivity contribution in [3.8, 4) is 11.1 Å². The number of nitrogens with zero attached hydrogens (tertiary/aromatic N) is 3. The minimum Gasteiger partial charge on any atom is -0.345 e. The van der Waals surface area contributed by atoms with Crippen LogP contribution in [0, 0.1) is 11.7 Å². The van der Waals surface area contributed by atoms with Crippen molar-refractivity contribution in [2.45, 2.75) is 32.5 Å². The molecule has 4 rings (SSSR count). The zero-order valence-corrected chi connectivity index (χ0v) is 17.0. The van der Waals surface area contributed by atoms with Crippen LogP contribution in [0.5, 0.6) is 0 Å². The van der Waals surface area contributed by atoms with Crippen LogP contribution in [0.2, 0.25) is 0 Å². The number of aromatic amines is 1. The van der Waals surface area contributed by atoms with E-state index in [-0.39, 0.29) is 5.69 Å². The summed E-state index contributed by atoms with van der Waals surface area (Å²) < 4.78 is 28.2. The summed E-state index contributed by atoms with van der Waals surface area (Å²) in [5.74, 6) is -0.377. The van der Waals surface area contributed by atoms with Gasteiger partial charge in [-0.1, -0.05) is 19.9 Å². The number of pyridine rings is 1. The van der Waals surface area contributed by atoms with Crippen LogP contribution in [0.25, 0.3) is 22.0 Å². The molecule has 8 heteroatoms.